The summed E-state index contributed by atoms with van der Waals surface area (Å²) in [7, 11) is -3.46. The number of aromatic nitrogens is 2. The number of nitrogens with zero attached hydrogens (tertiary/aromatic N) is 2. The molecule has 118 valence electrons. The second-order valence-electron chi connectivity index (χ2n) is 5.62. The van der Waals surface area contributed by atoms with Crippen LogP contribution in [-0.2, 0) is 9.84 Å². The number of anilines is 1. The lowest BCUT2D eigenvalue weighted by Gasteiger charge is -2.25. The van der Waals surface area contributed by atoms with Crippen LogP contribution >= 0.6 is 15.9 Å². The van der Waals surface area contributed by atoms with Gasteiger partial charge in [0.2, 0.25) is 0 Å². The Morgan fingerprint density at radius 2 is 1.82 bits per heavy atom. The SMILES string of the molecule is Cc1cc(NCC(C)(C)S(=O)(=O)c2ccc(Br)cc2)ncn1. The van der Waals surface area contributed by atoms with Crippen molar-refractivity contribution < 1.29 is 8.42 Å². The van der Waals surface area contributed by atoms with Crippen molar-refractivity contribution in [3.05, 3.63) is 46.8 Å². The first kappa shape index (κ1) is 16.9. The first-order chi connectivity index (χ1) is 10.2. The van der Waals surface area contributed by atoms with Crippen molar-refractivity contribution in [1.29, 1.82) is 0 Å². The van der Waals surface area contributed by atoms with Crippen molar-refractivity contribution in [2.45, 2.75) is 30.4 Å². The number of hydrogen-bond donors (Lipinski definition) is 1. The molecule has 22 heavy (non-hydrogen) atoms. The zero-order valence-electron chi connectivity index (χ0n) is 12.7. The van der Waals surface area contributed by atoms with E-state index in [4.69, 9.17) is 0 Å². The van der Waals surface area contributed by atoms with Gasteiger partial charge in [0.15, 0.2) is 9.84 Å². The van der Waals surface area contributed by atoms with Crippen LogP contribution in [0.4, 0.5) is 5.82 Å². The quantitative estimate of drug-likeness (QED) is 0.857. The molecule has 0 atom stereocenters. The van der Waals surface area contributed by atoms with Crippen LogP contribution in [0.1, 0.15) is 19.5 Å². The Kier molecular flexibility index (Phi) is 4.87. The summed E-state index contributed by atoms with van der Waals surface area (Å²) in [5.41, 5.74) is 0.825. The van der Waals surface area contributed by atoms with Gasteiger partial charge >= 0.3 is 0 Å². The Bertz CT molecular complexity index is 759. The molecular weight excluding hydrogens is 366 g/mol. The van der Waals surface area contributed by atoms with E-state index in [0.29, 0.717) is 10.7 Å². The molecule has 1 heterocycles. The maximum Gasteiger partial charge on any atom is 0.185 e. The van der Waals surface area contributed by atoms with Gasteiger partial charge in [0.25, 0.3) is 0 Å². The smallest absolute Gasteiger partial charge is 0.185 e. The molecule has 0 radical (unpaired) electrons. The van der Waals surface area contributed by atoms with Gasteiger partial charge in [-0.15, -0.1) is 0 Å². The third-order valence-corrected chi connectivity index (χ3v) is 6.37. The summed E-state index contributed by atoms with van der Waals surface area (Å²) < 4.78 is 25.4. The van der Waals surface area contributed by atoms with E-state index >= 15 is 0 Å². The van der Waals surface area contributed by atoms with Gasteiger partial charge in [0, 0.05) is 22.8 Å². The van der Waals surface area contributed by atoms with Gasteiger partial charge in [-0.1, -0.05) is 15.9 Å². The van der Waals surface area contributed by atoms with Crippen LogP contribution in [0.25, 0.3) is 0 Å². The molecule has 0 unspecified atom stereocenters. The highest BCUT2D eigenvalue weighted by atomic mass is 79.9. The Labute approximate surface area is 139 Å². The second-order valence-corrected chi connectivity index (χ2v) is 9.11. The molecule has 1 aromatic carbocycles. The maximum absolute atomic E-state index is 12.8. The van der Waals surface area contributed by atoms with Crippen molar-refractivity contribution in [3.8, 4) is 0 Å². The van der Waals surface area contributed by atoms with Crippen LogP contribution in [0.2, 0.25) is 0 Å². The third-order valence-electron chi connectivity index (χ3n) is 3.35. The molecule has 0 spiro atoms. The number of benzene rings is 1. The highest BCUT2D eigenvalue weighted by Gasteiger charge is 2.35. The highest BCUT2D eigenvalue weighted by molar-refractivity contribution is 9.10. The molecule has 0 aliphatic rings. The van der Waals surface area contributed by atoms with Crippen LogP contribution in [0.15, 0.2) is 46.0 Å². The summed E-state index contributed by atoms with van der Waals surface area (Å²) >= 11 is 3.31. The highest BCUT2D eigenvalue weighted by Crippen LogP contribution is 2.26. The fraction of sp³-hybridized carbons (Fsp3) is 0.333. The van der Waals surface area contributed by atoms with E-state index in [0.717, 1.165) is 10.2 Å². The molecule has 2 aromatic rings. The van der Waals surface area contributed by atoms with E-state index in [1.165, 1.54) is 6.33 Å². The Morgan fingerprint density at radius 3 is 2.41 bits per heavy atom. The van der Waals surface area contributed by atoms with Gasteiger partial charge in [-0.2, -0.15) is 0 Å². The standard InChI is InChI=1S/C15H18BrN3O2S/c1-11-8-14(19-10-18-11)17-9-15(2,3)22(20,21)13-6-4-12(16)5-7-13/h4-8,10H,9H2,1-3H3,(H,17,18,19). The van der Waals surface area contributed by atoms with E-state index in [-0.39, 0.29) is 6.54 Å². The first-order valence-electron chi connectivity index (χ1n) is 6.75. The van der Waals surface area contributed by atoms with Crippen molar-refractivity contribution >= 4 is 31.6 Å². The summed E-state index contributed by atoms with van der Waals surface area (Å²) in [6, 6.07) is 8.45. The van der Waals surface area contributed by atoms with Crippen LogP contribution in [-0.4, -0.2) is 29.7 Å². The Morgan fingerprint density at radius 1 is 1.18 bits per heavy atom. The van der Waals surface area contributed by atoms with Crippen LogP contribution in [0, 0.1) is 6.92 Å². The van der Waals surface area contributed by atoms with E-state index in [9.17, 15) is 8.42 Å². The molecule has 5 nitrogen and oxygen atoms in total. The fourth-order valence-corrected chi connectivity index (χ4v) is 3.54. The predicted molar refractivity (Wildman–Crippen MR) is 90.7 cm³/mol. The average Bonchev–Trinajstić information content (AvgIpc) is 2.46. The molecule has 1 N–H and O–H groups in total. The van der Waals surface area contributed by atoms with Crippen molar-refractivity contribution in [2.75, 3.05) is 11.9 Å². The van der Waals surface area contributed by atoms with Crippen molar-refractivity contribution in [3.63, 3.8) is 0 Å². The lowest BCUT2D eigenvalue weighted by Crippen LogP contribution is -2.39. The third kappa shape index (κ3) is 3.64. The summed E-state index contributed by atoms with van der Waals surface area (Å²) in [6.07, 6.45) is 1.45. The summed E-state index contributed by atoms with van der Waals surface area (Å²) in [6.45, 7) is 5.51. The molecule has 0 aliphatic carbocycles. The molecule has 7 heteroatoms. The van der Waals surface area contributed by atoms with E-state index in [2.05, 4.69) is 31.2 Å². The van der Waals surface area contributed by atoms with Crippen LogP contribution < -0.4 is 5.32 Å². The molecule has 0 saturated heterocycles. The second kappa shape index (κ2) is 6.34. The molecule has 0 saturated carbocycles. The van der Waals surface area contributed by atoms with Gasteiger partial charge in [0.1, 0.15) is 12.1 Å². The largest absolute Gasteiger partial charge is 0.368 e. The van der Waals surface area contributed by atoms with Crippen LogP contribution in [0.5, 0.6) is 0 Å². The Hall–Kier alpha value is -1.47. The molecular formula is C15H18BrN3O2S. The predicted octanol–water partition coefficient (Wildman–Crippen LogP) is 3.21. The molecule has 0 amide bonds. The van der Waals surface area contributed by atoms with E-state index in [1.54, 1.807) is 44.2 Å². The summed E-state index contributed by atoms with van der Waals surface area (Å²) in [5.74, 6) is 0.617. The van der Waals surface area contributed by atoms with Gasteiger partial charge in [-0.25, -0.2) is 18.4 Å². The molecule has 2 rings (SSSR count). The van der Waals surface area contributed by atoms with Crippen LogP contribution in [0.3, 0.4) is 0 Å². The molecule has 1 aromatic heterocycles. The van der Waals surface area contributed by atoms with Gasteiger partial charge < -0.3 is 5.32 Å². The topological polar surface area (TPSA) is 72.0 Å². The maximum atomic E-state index is 12.8. The summed E-state index contributed by atoms with van der Waals surface area (Å²) in [5, 5.41) is 3.07. The number of nitrogens with one attached hydrogen (secondary N) is 1. The van der Waals surface area contributed by atoms with Gasteiger partial charge in [-0.05, 0) is 45.0 Å². The fourth-order valence-electron chi connectivity index (χ4n) is 1.88. The number of aryl methyl sites for hydroxylation is 1. The molecule has 0 bridgehead atoms. The summed E-state index contributed by atoms with van der Waals surface area (Å²) in [4.78, 5) is 8.41. The molecule has 0 fully saturated rings. The normalized spacial score (nSPS) is 12.2. The minimum absolute atomic E-state index is 0.252. The zero-order valence-corrected chi connectivity index (χ0v) is 15.1. The first-order valence-corrected chi connectivity index (χ1v) is 9.03. The van der Waals surface area contributed by atoms with Crippen molar-refractivity contribution in [1.82, 2.24) is 9.97 Å². The Balaban J connectivity index is 2.19. The lowest BCUT2D eigenvalue weighted by molar-refractivity contribution is 0.553. The molecule has 0 aliphatic heterocycles. The lowest BCUT2D eigenvalue weighted by atomic mass is 10.2. The van der Waals surface area contributed by atoms with Gasteiger partial charge in [0.05, 0.1) is 9.64 Å². The zero-order chi connectivity index (χ0) is 16.4. The number of hydrogen-bond acceptors (Lipinski definition) is 5. The van der Waals surface area contributed by atoms with E-state index < -0.39 is 14.6 Å². The monoisotopic (exact) mass is 383 g/mol. The van der Waals surface area contributed by atoms with Crippen molar-refractivity contribution in [2.24, 2.45) is 0 Å². The number of rotatable bonds is 5. The average molecular weight is 384 g/mol. The number of halogens is 1. The number of sulfone groups is 1. The van der Waals surface area contributed by atoms with E-state index in [1.807, 2.05) is 6.92 Å². The minimum atomic E-state index is -3.46. The van der Waals surface area contributed by atoms with Gasteiger partial charge in [-0.3, -0.25) is 0 Å². The minimum Gasteiger partial charge on any atom is -0.368 e.